The van der Waals surface area contributed by atoms with Gasteiger partial charge < -0.3 is 10.5 Å². The highest BCUT2D eigenvalue weighted by Crippen LogP contribution is 2.44. The van der Waals surface area contributed by atoms with Crippen LogP contribution in [0.2, 0.25) is 0 Å². The van der Waals surface area contributed by atoms with Gasteiger partial charge in [-0.2, -0.15) is 0 Å². The maximum absolute atomic E-state index is 12.4. The smallest absolute Gasteiger partial charge is 0.411 e. The van der Waals surface area contributed by atoms with Crippen molar-refractivity contribution in [1.29, 1.82) is 0 Å². The van der Waals surface area contributed by atoms with Crippen LogP contribution in [0.4, 0.5) is 4.79 Å². The van der Waals surface area contributed by atoms with Gasteiger partial charge >= 0.3 is 6.09 Å². The lowest BCUT2D eigenvalue weighted by molar-refractivity contribution is -0.0504. The second kappa shape index (κ2) is 5.68. The largest absolute Gasteiger partial charge is 0.444 e. The molecule has 1 atom stereocenters. The number of carbonyl (C=O) groups excluding carboxylic acids is 1. The maximum atomic E-state index is 12.4. The van der Waals surface area contributed by atoms with Crippen LogP contribution in [0.5, 0.6) is 0 Å². The van der Waals surface area contributed by atoms with Crippen molar-refractivity contribution in [2.45, 2.75) is 51.7 Å². The van der Waals surface area contributed by atoms with Gasteiger partial charge in [-0.3, -0.25) is 4.90 Å². The van der Waals surface area contributed by atoms with E-state index in [0.29, 0.717) is 6.54 Å². The van der Waals surface area contributed by atoms with E-state index in [0.717, 1.165) is 24.9 Å². The first-order chi connectivity index (χ1) is 9.78. The quantitative estimate of drug-likeness (QED) is 0.930. The summed E-state index contributed by atoms with van der Waals surface area (Å²) in [5.41, 5.74) is 7.39. The topological polar surface area (TPSA) is 55.6 Å². The van der Waals surface area contributed by atoms with Crippen molar-refractivity contribution in [1.82, 2.24) is 4.90 Å². The van der Waals surface area contributed by atoms with Crippen molar-refractivity contribution in [3.63, 3.8) is 0 Å². The van der Waals surface area contributed by atoms with E-state index in [1.54, 1.807) is 0 Å². The van der Waals surface area contributed by atoms with Crippen LogP contribution < -0.4 is 5.73 Å². The van der Waals surface area contributed by atoms with Gasteiger partial charge in [0.25, 0.3) is 0 Å². The van der Waals surface area contributed by atoms with Gasteiger partial charge in [0.05, 0.1) is 5.54 Å². The van der Waals surface area contributed by atoms with Crippen LogP contribution in [0.3, 0.4) is 0 Å². The number of hydrogen-bond donors (Lipinski definition) is 1. The predicted octanol–water partition coefficient (Wildman–Crippen LogP) is 3.18. The number of likely N-dealkylation sites (tertiary alicyclic amines) is 1. The second-order valence-corrected chi connectivity index (χ2v) is 6.82. The van der Waals surface area contributed by atoms with Gasteiger partial charge in [-0.1, -0.05) is 29.8 Å². The highest BCUT2D eigenvalue weighted by molar-refractivity contribution is 5.71. The molecule has 0 saturated carbocycles. The highest BCUT2D eigenvalue weighted by atomic mass is 16.6. The Hall–Kier alpha value is -1.55. The molecule has 1 saturated heterocycles. The van der Waals surface area contributed by atoms with Gasteiger partial charge in [0, 0.05) is 6.54 Å². The molecule has 1 unspecified atom stereocenters. The Balaban J connectivity index is 2.26. The zero-order chi connectivity index (χ0) is 15.7. The average molecular weight is 290 g/mol. The molecule has 116 valence electrons. The predicted molar refractivity (Wildman–Crippen MR) is 84.1 cm³/mol. The van der Waals surface area contributed by atoms with Crippen molar-refractivity contribution < 1.29 is 9.53 Å². The highest BCUT2D eigenvalue weighted by Gasteiger charge is 2.49. The molecule has 1 aromatic carbocycles. The Labute approximate surface area is 127 Å². The molecule has 0 radical (unpaired) electrons. The van der Waals surface area contributed by atoms with Gasteiger partial charge in [0.2, 0.25) is 0 Å². The summed E-state index contributed by atoms with van der Waals surface area (Å²) in [4.78, 5) is 14.3. The Morgan fingerprint density at radius 2 is 1.95 bits per heavy atom. The molecule has 1 heterocycles. The average Bonchev–Trinajstić information content (AvgIpc) is 2.33. The summed E-state index contributed by atoms with van der Waals surface area (Å²) in [7, 11) is 0. The van der Waals surface area contributed by atoms with Gasteiger partial charge in [0.1, 0.15) is 5.60 Å². The number of ether oxygens (including phenoxy) is 1. The molecule has 21 heavy (non-hydrogen) atoms. The Bertz CT molecular complexity index is 505. The summed E-state index contributed by atoms with van der Waals surface area (Å²) in [6.45, 7) is 9.01. The fraction of sp³-hybridized carbons (Fsp3) is 0.588. The van der Waals surface area contributed by atoms with E-state index < -0.39 is 5.60 Å². The van der Waals surface area contributed by atoms with Crippen LogP contribution in [0.1, 0.15) is 44.7 Å². The third-order valence-electron chi connectivity index (χ3n) is 4.03. The van der Waals surface area contributed by atoms with Crippen LogP contribution in [0.25, 0.3) is 0 Å². The number of hydrogen-bond acceptors (Lipinski definition) is 3. The number of nitrogens with two attached hydrogens (primary N) is 1. The van der Waals surface area contributed by atoms with Crippen LogP contribution in [-0.4, -0.2) is 29.7 Å². The minimum absolute atomic E-state index is 0.247. The molecule has 2 N–H and O–H groups in total. The standard InChI is InChI=1S/C17H26N2O2/c1-13-5-7-14(8-6-13)17(9-11-18)10-12-19(17)15(20)21-16(2,3)4/h5-8H,9-12,18H2,1-4H3. The van der Waals surface area contributed by atoms with Crippen LogP contribution in [0, 0.1) is 6.92 Å². The molecule has 0 bridgehead atoms. The number of amides is 1. The summed E-state index contributed by atoms with van der Waals surface area (Å²) in [5.74, 6) is 0. The first-order valence-electron chi connectivity index (χ1n) is 7.56. The summed E-state index contributed by atoms with van der Waals surface area (Å²) in [6.07, 6.45) is 1.45. The van der Waals surface area contributed by atoms with Crippen molar-refractivity contribution in [3.8, 4) is 0 Å². The molecule has 1 aliphatic rings. The van der Waals surface area contributed by atoms with Gasteiger partial charge in [-0.25, -0.2) is 4.79 Å². The Morgan fingerprint density at radius 3 is 2.38 bits per heavy atom. The normalized spacial score (nSPS) is 21.9. The fourth-order valence-electron chi connectivity index (χ4n) is 2.88. The molecule has 0 aromatic heterocycles. The van der Waals surface area contributed by atoms with Crippen LogP contribution in [-0.2, 0) is 10.3 Å². The van der Waals surface area contributed by atoms with E-state index in [4.69, 9.17) is 10.5 Å². The molecule has 1 amide bonds. The minimum Gasteiger partial charge on any atom is -0.444 e. The zero-order valence-corrected chi connectivity index (χ0v) is 13.5. The number of aryl methyl sites for hydroxylation is 1. The second-order valence-electron chi connectivity index (χ2n) is 6.82. The minimum atomic E-state index is -0.478. The molecule has 1 aliphatic heterocycles. The fourth-order valence-corrected chi connectivity index (χ4v) is 2.88. The van der Waals surface area contributed by atoms with Gasteiger partial charge in [-0.05, 0) is 52.6 Å². The van der Waals surface area contributed by atoms with E-state index in [1.807, 2.05) is 25.7 Å². The number of nitrogens with zero attached hydrogens (tertiary/aromatic N) is 1. The molecule has 4 heteroatoms. The van der Waals surface area contributed by atoms with Gasteiger partial charge in [0.15, 0.2) is 0 Å². The van der Waals surface area contributed by atoms with Crippen molar-refractivity contribution in [2.24, 2.45) is 5.73 Å². The lowest BCUT2D eigenvalue weighted by Crippen LogP contribution is -2.61. The van der Waals surface area contributed by atoms with Crippen LogP contribution >= 0.6 is 0 Å². The first-order valence-corrected chi connectivity index (χ1v) is 7.56. The van der Waals surface area contributed by atoms with Crippen molar-refractivity contribution in [2.75, 3.05) is 13.1 Å². The first kappa shape index (κ1) is 15.8. The van der Waals surface area contributed by atoms with E-state index in [-0.39, 0.29) is 11.6 Å². The molecule has 4 nitrogen and oxygen atoms in total. The lowest BCUT2D eigenvalue weighted by atomic mass is 9.75. The number of benzene rings is 1. The SMILES string of the molecule is Cc1ccc(C2(CCN)CCN2C(=O)OC(C)(C)C)cc1. The summed E-state index contributed by atoms with van der Waals surface area (Å²) in [5, 5.41) is 0. The maximum Gasteiger partial charge on any atom is 0.411 e. The van der Waals surface area contributed by atoms with Crippen molar-refractivity contribution >= 4 is 6.09 Å². The molecular formula is C17H26N2O2. The molecule has 0 aliphatic carbocycles. The third-order valence-corrected chi connectivity index (χ3v) is 4.03. The molecular weight excluding hydrogens is 264 g/mol. The Kier molecular flexibility index (Phi) is 4.28. The van der Waals surface area contributed by atoms with E-state index in [9.17, 15) is 4.79 Å². The third kappa shape index (κ3) is 3.21. The lowest BCUT2D eigenvalue weighted by Gasteiger charge is -2.53. The van der Waals surface area contributed by atoms with E-state index in [1.165, 1.54) is 5.56 Å². The number of carbonyl (C=O) groups is 1. The molecule has 1 fully saturated rings. The van der Waals surface area contributed by atoms with Crippen molar-refractivity contribution in [3.05, 3.63) is 35.4 Å². The summed E-state index contributed by atoms with van der Waals surface area (Å²) in [6, 6.07) is 8.36. The van der Waals surface area contributed by atoms with Crippen LogP contribution in [0.15, 0.2) is 24.3 Å². The number of rotatable bonds is 3. The van der Waals surface area contributed by atoms with Gasteiger partial charge in [-0.15, -0.1) is 0 Å². The Morgan fingerprint density at radius 1 is 1.33 bits per heavy atom. The summed E-state index contributed by atoms with van der Waals surface area (Å²) >= 11 is 0. The van der Waals surface area contributed by atoms with E-state index >= 15 is 0 Å². The van der Waals surface area contributed by atoms with E-state index in [2.05, 4.69) is 31.2 Å². The molecule has 1 aromatic rings. The zero-order valence-electron chi connectivity index (χ0n) is 13.5. The summed E-state index contributed by atoms with van der Waals surface area (Å²) < 4.78 is 5.53. The molecule has 0 spiro atoms. The molecule has 2 rings (SSSR count). The monoisotopic (exact) mass is 290 g/mol.